The molecule has 0 aliphatic carbocycles. The van der Waals surface area contributed by atoms with Crippen molar-refractivity contribution in [2.75, 3.05) is 0 Å². The average molecular weight is 181 g/mol. The third-order valence-corrected chi connectivity index (χ3v) is 2.85. The van der Waals surface area contributed by atoms with Crippen LogP contribution in [-0.4, -0.2) is 16.8 Å². The first-order valence-corrected chi connectivity index (χ1v) is 5.03. The van der Waals surface area contributed by atoms with Crippen molar-refractivity contribution in [3.05, 3.63) is 11.3 Å². The molecule has 0 saturated heterocycles. The van der Waals surface area contributed by atoms with Crippen LogP contribution in [0.4, 0.5) is 0 Å². The van der Waals surface area contributed by atoms with Crippen LogP contribution in [0.5, 0.6) is 0 Å². The number of nitrogens with zero attached hydrogens (tertiary/aromatic N) is 1. The molecule has 1 atom stereocenters. The summed E-state index contributed by atoms with van der Waals surface area (Å²) in [6.45, 7) is 10.3. The van der Waals surface area contributed by atoms with Crippen molar-refractivity contribution in [2.24, 2.45) is 5.92 Å². The molecular formula is C11H19NO. The number of hydrogen-bond donors (Lipinski definition) is 0. The van der Waals surface area contributed by atoms with Crippen molar-refractivity contribution in [2.45, 2.75) is 47.1 Å². The maximum Gasteiger partial charge on any atom is 0.233 e. The number of amides is 1. The summed E-state index contributed by atoms with van der Waals surface area (Å²) in [7, 11) is 0. The average Bonchev–Trinajstić information content (AvgIpc) is 2.29. The standard InChI is InChI=1S/C11H19NO/c1-6-10-8(4)9(5)11(13)12(10)7(2)3/h7,9H,6H2,1-5H3. The van der Waals surface area contributed by atoms with Crippen LogP contribution < -0.4 is 0 Å². The SMILES string of the molecule is CCC1=C(C)C(C)C(=O)N1C(C)C. The normalized spacial score (nSPS) is 23.7. The molecule has 1 heterocycles. The second kappa shape index (κ2) is 3.52. The highest BCUT2D eigenvalue weighted by molar-refractivity contribution is 5.86. The molecule has 0 aromatic carbocycles. The van der Waals surface area contributed by atoms with Gasteiger partial charge in [-0.25, -0.2) is 0 Å². The van der Waals surface area contributed by atoms with Gasteiger partial charge in [0, 0.05) is 11.7 Å². The van der Waals surface area contributed by atoms with Gasteiger partial charge in [-0.1, -0.05) is 6.92 Å². The van der Waals surface area contributed by atoms with E-state index in [4.69, 9.17) is 0 Å². The molecule has 0 aromatic heterocycles. The van der Waals surface area contributed by atoms with E-state index in [1.54, 1.807) is 0 Å². The Labute approximate surface area is 80.6 Å². The summed E-state index contributed by atoms with van der Waals surface area (Å²) in [4.78, 5) is 13.8. The topological polar surface area (TPSA) is 20.3 Å². The van der Waals surface area contributed by atoms with Gasteiger partial charge in [-0.3, -0.25) is 4.79 Å². The Bertz CT molecular complexity index is 253. The Kier molecular flexibility index (Phi) is 2.79. The summed E-state index contributed by atoms with van der Waals surface area (Å²) in [5, 5.41) is 0. The van der Waals surface area contributed by atoms with E-state index in [1.165, 1.54) is 11.3 Å². The van der Waals surface area contributed by atoms with E-state index in [1.807, 2.05) is 11.8 Å². The van der Waals surface area contributed by atoms with Gasteiger partial charge in [0.1, 0.15) is 0 Å². The number of carbonyl (C=O) groups is 1. The molecule has 0 saturated carbocycles. The summed E-state index contributed by atoms with van der Waals surface area (Å²) >= 11 is 0. The first-order valence-electron chi connectivity index (χ1n) is 5.03. The number of hydrogen-bond acceptors (Lipinski definition) is 1. The van der Waals surface area contributed by atoms with Crippen LogP contribution in [0.2, 0.25) is 0 Å². The number of rotatable bonds is 2. The van der Waals surface area contributed by atoms with Crippen LogP contribution in [0.25, 0.3) is 0 Å². The minimum atomic E-state index is 0.0948. The first kappa shape index (κ1) is 10.3. The van der Waals surface area contributed by atoms with E-state index in [0.717, 1.165) is 6.42 Å². The Morgan fingerprint density at radius 3 is 2.31 bits per heavy atom. The maximum absolute atomic E-state index is 11.8. The highest BCUT2D eigenvalue weighted by atomic mass is 16.2. The molecule has 0 N–H and O–H groups in total. The van der Waals surface area contributed by atoms with Gasteiger partial charge in [0.2, 0.25) is 5.91 Å². The van der Waals surface area contributed by atoms with Gasteiger partial charge in [-0.15, -0.1) is 0 Å². The Morgan fingerprint density at radius 1 is 1.46 bits per heavy atom. The summed E-state index contributed by atoms with van der Waals surface area (Å²) < 4.78 is 0. The fourth-order valence-corrected chi connectivity index (χ4v) is 1.98. The minimum Gasteiger partial charge on any atom is -0.313 e. The van der Waals surface area contributed by atoms with Crippen molar-refractivity contribution in [3.63, 3.8) is 0 Å². The fourth-order valence-electron chi connectivity index (χ4n) is 1.98. The molecule has 1 rings (SSSR count). The van der Waals surface area contributed by atoms with Crippen LogP contribution in [-0.2, 0) is 4.79 Å². The predicted molar refractivity (Wildman–Crippen MR) is 54.1 cm³/mol. The molecule has 0 spiro atoms. The maximum atomic E-state index is 11.8. The predicted octanol–water partition coefficient (Wildman–Crippen LogP) is 2.56. The van der Waals surface area contributed by atoms with Gasteiger partial charge in [0.05, 0.1) is 5.92 Å². The summed E-state index contributed by atoms with van der Waals surface area (Å²) in [6.07, 6.45) is 0.958. The van der Waals surface area contributed by atoms with Gasteiger partial charge < -0.3 is 4.90 Å². The molecule has 0 bridgehead atoms. The molecule has 2 heteroatoms. The number of allylic oxidation sites excluding steroid dienone is 1. The quantitative estimate of drug-likeness (QED) is 0.641. The molecular weight excluding hydrogens is 162 g/mol. The van der Waals surface area contributed by atoms with Crippen molar-refractivity contribution in [3.8, 4) is 0 Å². The smallest absolute Gasteiger partial charge is 0.233 e. The van der Waals surface area contributed by atoms with Crippen molar-refractivity contribution in [1.82, 2.24) is 4.90 Å². The van der Waals surface area contributed by atoms with Crippen LogP contribution in [0, 0.1) is 5.92 Å². The molecule has 13 heavy (non-hydrogen) atoms. The van der Waals surface area contributed by atoms with Gasteiger partial charge in [-0.05, 0) is 39.7 Å². The molecule has 2 nitrogen and oxygen atoms in total. The van der Waals surface area contributed by atoms with Crippen molar-refractivity contribution >= 4 is 5.91 Å². The van der Waals surface area contributed by atoms with Crippen molar-refractivity contribution in [1.29, 1.82) is 0 Å². The molecule has 0 radical (unpaired) electrons. The molecule has 1 aliphatic heterocycles. The Balaban J connectivity index is 3.03. The lowest BCUT2D eigenvalue weighted by molar-refractivity contribution is -0.131. The van der Waals surface area contributed by atoms with Gasteiger partial charge >= 0.3 is 0 Å². The van der Waals surface area contributed by atoms with Gasteiger partial charge in [0.25, 0.3) is 0 Å². The summed E-state index contributed by atoms with van der Waals surface area (Å²) in [6, 6.07) is 0.294. The molecule has 1 unspecified atom stereocenters. The lowest BCUT2D eigenvalue weighted by Crippen LogP contribution is -2.33. The lowest BCUT2D eigenvalue weighted by Gasteiger charge is -2.24. The fraction of sp³-hybridized carbons (Fsp3) is 0.727. The molecule has 1 aliphatic rings. The molecule has 74 valence electrons. The van der Waals surface area contributed by atoms with E-state index in [9.17, 15) is 4.79 Å². The molecule has 0 fully saturated rings. The second-order valence-corrected chi connectivity index (χ2v) is 4.01. The second-order valence-electron chi connectivity index (χ2n) is 4.01. The van der Waals surface area contributed by atoms with Crippen LogP contribution in [0.15, 0.2) is 11.3 Å². The van der Waals surface area contributed by atoms with E-state index in [0.29, 0.717) is 6.04 Å². The van der Waals surface area contributed by atoms with Crippen LogP contribution >= 0.6 is 0 Å². The zero-order valence-corrected chi connectivity index (χ0v) is 9.22. The monoisotopic (exact) mass is 181 g/mol. The van der Waals surface area contributed by atoms with Crippen molar-refractivity contribution < 1.29 is 4.79 Å². The van der Waals surface area contributed by atoms with E-state index >= 15 is 0 Å². The summed E-state index contributed by atoms with van der Waals surface area (Å²) in [5.41, 5.74) is 2.48. The Morgan fingerprint density at radius 2 is 2.00 bits per heavy atom. The highest BCUT2D eigenvalue weighted by Crippen LogP contribution is 2.32. The zero-order chi connectivity index (χ0) is 10.2. The van der Waals surface area contributed by atoms with E-state index in [-0.39, 0.29) is 11.8 Å². The Hall–Kier alpha value is -0.790. The van der Waals surface area contributed by atoms with Gasteiger partial charge in [0.15, 0.2) is 0 Å². The lowest BCUT2D eigenvalue weighted by atomic mass is 10.0. The molecule has 1 amide bonds. The van der Waals surface area contributed by atoms with Crippen LogP contribution in [0.3, 0.4) is 0 Å². The minimum absolute atomic E-state index is 0.0948. The van der Waals surface area contributed by atoms with E-state index < -0.39 is 0 Å². The first-order chi connectivity index (χ1) is 6.00. The highest BCUT2D eigenvalue weighted by Gasteiger charge is 2.34. The molecule has 0 aromatic rings. The largest absolute Gasteiger partial charge is 0.313 e. The summed E-state index contributed by atoms with van der Waals surface area (Å²) in [5.74, 6) is 0.363. The third kappa shape index (κ3) is 1.50. The van der Waals surface area contributed by atoms with Crippen LogP contribution in [0.1, 0.15) is 41.0 Å². The van der Waals surface area contributed by atoms with E-state index in [2.05, 4.69) is 27.7 Å². The third-order valence-electron chi connectivity index (χ3n) is 2.85. The zero-order valence-electron chi connectivity index (χ0n) is 9.22. The number of carbonyl (C=O) groups excluding carboxylic acids is 1. The van der Waals surface area contributed by atoms with Gasteiger partial charge in [-0.2, -0.15) is 0 Å².